The van der Waals surface area contributed by atoms with Gasteiger partial charge >= 0.3 is 6.09 Å². The van der Waals surface area contributed by atoms with Crippen molar-refractivity contribution < 1.29 is 27.3 Å². The molecule has 1 atom stereocenters. The van der Waals surface area contributed by atoms with Crippen LogP contribution in [0.15, 0.2) is 40.9 Å². The Morgan fingerprint density at radius 1 is 1.13 bits per heavy atom. The summed E-state index contributed by atoms with van der Waals surface area (Å²) >= 11 is 5.94. The number of methoxy groups -OCH3 is 1. The Morgan fingerprint density at radius 3 is 2.67 bits per heavy atom. The van der Waals surface area contributed by atoms with Gasteiger partial charge in [-0.1, -0.05) is 22.8 Å². The molecule has 2 aromatic carbocycles. The zero-order valence-corrected chi connectivity index (χ0v) is 22.4. The molecule has 1 saturated carbocycles. The number of amides is 1. The number of nitrogens with zero attached hydrogens (tertiary/aromatic N) is 4. The number of rotatable bonds is 5. The molecule has 0 N–H and O–H groups in total. The lowest BCUT2D eigenvalue weighted by Crippen LogP contribution is -2.42. The third-order valence-electron chi connectivity index (χ3n) is 7.82. The Labute approximate surface area is 234 Å². The third kappa shape index (κ3) is 4.57. The van der Waals surface area contributed by atoms with Crippen LogP contribution in [-0.2, 0) is 9.47 Å². The van der Waals surface area contributed by atoms with Crippen LogP contribution in [0.1, 0.15) is 65.6 Å². The zero-order chi connectivity index (χ0) is 29.8. The number of anilines is 1. The van der Waals surface area contributed by atoms with Crippen molar-refractivity contribution in [1.82, 2.24) is 14.7 Å². The van der Waals surface area contributed by atoms with Gasteiger partial charge in [0.2, 0.25) is 0 Å². The third-order valence-corrected chi connectivity index (χ3v) is 8.13. The van der Waals surface area contributed by atoms with Crippen molar-refractivity contribution in [3.05, 3.63) is 64.5 Å². The quantitative estimate of drug-likeness (QED) is 0.256. The first-order valence-corrected chi connectivity index (χ1v) is 13.4. The Hall–Kier alpha value is -3.43. The number of imidazole rings is 1. The number of halogens is 2. The molecule has 204 valence electrons. The number of carbonyl (C=O) groups is 1. The molecular weight excluding hydrogens is 523 g/mol. The fourth-order valence-corrected chi connectivity index (χ4v) is 6.07. The van der Waals surface area contributed by atoms with Crippen LogP contribution in [0.25, 0.3) is 22.2 Å². The standard InChI is InChI=1S/C29H30ClFN4O4/c1-16-27(17(2)39-33-16)18-4-11-25-24(14-18)32-28(34(25)19-5-8-21(37-3)9-6-19)26-12-13-38-29(36)35(26)20-7-10-22(30)23(31)15-20/h4,7,10-11,14-15,19,21,26H,5-6,8-9,12-13H2,1-3H3/t19-,21-,26-/m0/s1/i3D3. The summed E-state index contributed by atoms with van der Waals surface area (Å²) in [5, 5.41) is 4.04. The lowest BCUT2D eigenvalue weighted by molar-refractivity contribution is 0.0582. The number of aryl methyl sites for hydroxylation is 2. The molecule has 1 aliphatic carbocycles. The van der Waals surface area contributed by atoms with Crippen LogP contribution in [0.4, 0.5) is 14.9 Å². The number of benzene rings is 2. The molecule has 1 saturated heterocycles. The van der Waals surface area contributed by atoms with Crippen LogP contribution in [0.3, 0.4) is 0 Å². The van der Waals surface area contributed by atoms with Gasteiger partial charge in [0.1, 0.15) is 23.4 Å². The van der Waals surface area contributed by atoms with Gasteiger partial charge in [-0.05, 0) is 75.4 Å². The van der Waals surface area contributed by atoms with Crippen LogP contribution in [0.2, 0.25) is 5.02 Å². The molecule has 6 rings (SSSR count). The van der Waals surface area contributed by atoms with E-state index in [9.17, 15) is 9.18 Å². The number of aromatic nitrogens is 3. The average Bonchev–Trinajstić information content (AvgIpc) is 3.48. The normalized spacial score (nSPS) is 23.4. The fourth-order valence-electron chi connectivity index (χ4n) is 5.96. The minimum atomic E-state index is -2.45. The van der Waals surface area contributed by atoms with E-state index in [2.05, 4.69) is 9.72 Å². The van der Waals surface area contributed by atoms with Gasteiger partial charge in [0.15, 0.2) is 0 Å². The van der Waals surface area contributed by atoms with E-state index in [1.807, 2.05) is 32.0 Å². The number of hydrogen-bond acceptors (Lipinski definition) is 6. The van der Waals surface area contributed by atoms with Gasteiger partial charge < -0.3 is 18.6 Å². The van der Waals surface area contributed by atoms with E-state index in [-0.39, 0.29) is 23.8 Å². The predicted molar refractivity (Wildman–Crippen MR) is 146 cm³/mol. The lowest BCUT2D eigenvalue weighted by Gasteiger charge is -2.37. The highest BCUT2D eigenvalue weighted by Crippen LogP contribution is 2.41. The fraction of sp³-hybridized carbons (Fsp3) is 0.414. The smallest absolute Gasteiger partial charge is 0.414 e. The Morgan fingerprint density at radius 2 is 1.95 bits per heavy atom. The predicted octanol–water partition coefficient (Wildman–Crippen LogP) is 7.32. The Balaban J connectivity index is 1.46. The van der Waals surface area contributed by atoms with Gasteiger partial charge in [-0.15, -0.1) is 0 Å². The van der Waals surface area contributed by atoms with Gasteiger partial charge in [-0.2, -0.15) is 0 Å². The van der Waals surface area contributed by atoms with Crippen molar-refractivity contribution in [2.45, 2.75) is 64.1 Å². The SMILES string of the molecule is [2H]C([2H])([2H])O[C@H]1CC[C@H](n2c([C@@H]3CCOC(=O)N3c3ccc(Cl)c(F)c3)nc3cc(-c4c(C)noc4C)ccc32)CC1. The van der Waals surface area contributed by atoms with Gasteiger partial charge in [-0.3, -0.25) is 4.90 Å². The summed E-state index contributed by atoms with van der Waals surface area (Å²) in [6, 6.07) is 9.65. The topological polar surface area (TPSA) is 82.6 Å². The van der Waals surface area contributed by atoms with Crippen LogP contribution in [0, 0.1) is 19.7 Å². The molecule has 0 bridgehead atoms. The largest absolute Gasteiger partial charge is 0.449 e. The molecular formula is C29H30ClFN4O4. The zero-order valence-electron chi connectivity index (χ0n) is 24.6. The number of hydrogen-bond donors (Lipinski definition) is 0. The maximum atomic E-state index is 14.5. The van der Waals surface area contributed by atoms with E-state index < -0.39 is 25.0 Å². The Bertz CT molecular complexity index is 1630. The van der Waals surface area contributed by atoms with Crippen molar-refractivity contribution in [2.24, 2.45) is 0 Å². The van der Waals surface area contributed by atoms with Crippen LogP contribution in [-0.4, -0.2) is 40.5 Å². The molecule has 2 fully saturated rings. The average molecular weight is 556 g/mol. The van der Waals surface area contributed by atoms with E-state index in [0.717, 1.165) is 27.9 Å². The molecule has 10 heteroatoms. The molecule has 4 aromatic rings. The van der Waals surface area contributed by atoms with Crippen molar-refractivity contribution in [3.8, 4) is 11.1 Å². The van der Waals surface area contributed by atoms with Crippen LogP contribution in [0.5, 0.6) is 0 Å². The van der Waals surface area contributed by atoms with Crippen LogP contribution < -0.4 is 4.90 Å². The highest BCUT2D eigenvalue weighted by Gasteiger charge is 2.38. The van der Waals surface area contributed by atoms with Crippen LogP contribution >= 0.6 is 11.6 Å². The molecule has 1 aliphatic heterocycles. The summed E-state index contributed by atoms with van der Waals surface area (Å²) in [6.45, 7) is 3.93. The maximum Gasteiger partial charge on any atom is 0.414 e. The molecule has 0 unspecified atom stereocenters. The van der Waals surface area contributed by atoms with E-state index in [1.165, 1.54) is 17.0 Å². The van der Waals surface area contributed by atoms with Gasteiger partial charge in [0.25, 0.3) is 0 Å². The summed E-state index contributed by atoms with van der Waals surface area (Å²) in [5.74, 6) is 0.703. The molecule has 3 heterocycles. The van der Waals surface area contributed by atoms with Crippen molar-refractivity contribution in [3.63, 3.8) is 0 Å². The first-order chi connectivity index (χ1) is 20.0. The van der Waals surface area contributed by atoms with Crippen molar-refractivity contribution in [2.75, 3.05) is 18.5 Å². The molecule has 0 radical (unpaired) electrons. The summed E-state index contributed by atoms with van der Waals surface area (Å²) in [5.41, 5.74) is 4.49. The first kappa shape index (κ1) is 22.4. The lowest BCUT2D eigenvalue weighted by atomic mass is 9.92. The van der Waals surface area contributed by atoms with Gasteiger partial charge in [0.05, 0.1) is 44.3 Å². The van der Waals surface area contributed by atoms with Gasteiger partial charge in [0, 0.05) is 25.1 Å². The van der Waals surface area contributed by atoms with E-state index in [4.69, 9.17) is 34.7 Å². The molecule has 1 amide bonds. The first-order valence-electron chi connectivity index (χ1n) is 14.5. The summed E-state index contributed by atoms with van der Waals surface area (Å²) in [7, 11) is -2.45. The maximum absolute atomic E-state index is 14.5. The molecule has 0 spiro atoms. The van der Waals surface area contributed by atoms with Crippen molar-refractivity contribution >= 4 is 34.4 Å². The minimum Gasteiger partial charge on any atom is -0.449 e. The summed E-state index contributed by atoms with van der Waals surface area (Å²) < 4.78 is 55.3. The highest BCUT2D eigenvalue weighted by molar-refractivity contribution is 6.30. The second-order valence-electron chi connectivity index (χ2n) is 10.2. The van der Waals surface area contributed by atoms with Crippen molar-refractivity contribution in [1.29, 1.82) is 0 Å². The monoisotopic (exact) mass is 555 g/mol. The van der Waals surface area contributed by atoms with E-state index in [0.29, 0.717) is 49.4 Å². The molecule has 2 aromatic heterocycles. The highest BCUT2D eigenvalue weighted by atomic mass is 35.5. The number of carbonyl (C=O) groups excluding carboxylic acids is 1. The Kier molecular flexibility index (Phi) is 5.90. The number of cyclic esters (lactones) is 1. The second kappa shape index (κ2) is 10.3. The number of ether oxygens (including phenoxy) is 2. The second-order valence-corrected chi connectivity index (χ2v) is 10.6. The molecule has 8 nitrogen and oxygen atoms in total. The van der Waals surface area contributed by atoms with Gasteiger partial charge in [-0.25, -0.2) is 14.2 Å². The number of fused-ring (bicyclic) bond motifs is 1. The van der Waals surface area contributed by atoms with E-state index >= 15 is 0 Å². The minimum absolute atomic E-state index is 0.0203. The summed E-state index contributed by atoms with van der Waals surface area (Å²) in [6.07, 6.45) is 1.94. The summed E-state index contributed by atoms with van der Waals surface area (Å²) in [4.78, 5) is 19.7. The van der Waals surface area contributed by atoms with E-state index in [1.54, 1.807) is 6.07 Å². The molecule has 39 heavy (non-hydrogen) atoms. The molecule has 2 aliphatic rings.